The van der Waals surface area contributed by atoms with Gasteiger partial charge in [0.2, 0.25) is 10.0 Å². The first-order valence-electron chi connectivity index (χ1n) is 10.0. The Balaban J connectivity index is 1.50. The van der Waals surface area contributed by atoms with Gasteiger partial charge in [-0.25, -0.2) is 13.1 Å². The van der Waals surface area contributed by atoms with Crippen molar-refractivity contribution in [3.05, 3.63) is 59.7 Å². The van der Waals surface area contributed by atoms with E-state index in [2.05, 4.69) is 10.0 Å². The second kappa shape index (κ2) is 9.89. The lowest BCUT2D eigenvalue weighted by atomic mass is 9.96. The van der Waals surface area contributed by atoms with Crippen LogP contribution in [0, 0.1) is 0 Å². The van der Waals surface area contributed by atoms with Crippen LogP contribution in [0.3, 0.4) is 0 Å². The Morgan fingerprint density at radius 1 is 1.00 bits per heavy atom. The predicted octanol–water partition coefficient (Wildman–Crippen LogP) is 3.28. The molecule has 0 aliphatic heterocycles. The van der Waals surface area contributed by atoms with Gasteiger partial charge in [-0.3, -0.25) is 4.79 Å². The van der Waals surface area contributed by atoms with Gasteiger partial charge in [-0.2, -0.15) is 0 Å². The molecule has 156 valence electrons. The maximum absolute atomic E-state index is 12.5. The summed E-state index contributed by atoms with van der Waals surface area (Å²) in [6, 6.07) is 13.8. The van der Waals surface area contributed by atoms with Crippen molar-refractivity contribution in [3.63, 3.8) is 0 Å². The van der Waals surface area contributed by atoms with Gasteiger partial charge in [-0.15, -0.1) is 0 Å². The van der Waals surface area contributed by atoms with E-state index in [-0.39, 0.29) is 16.8 Å². The van der Waals surface area contributed by atoms with Crippen molar-refractivity contribution < 1.29 is 17.9 Å². The van der Waals surface area contributed by atoms with Crippen LogP contribution >= 0.6 is 0 Å². The molecule has 1 amide bonds. The first kappa shape index (κ1) is 21.3. The molecule has 3 rings (SSSR count). The Morgan fingerprint density at radius 2 is 1.66 bits per heavy atom. The maximum Gasteiger partial charge on any atom is 0.251 e. The smallest absolute Gasteiger partial charge is 0.251 e. The lowest BCUT2D eigenvalue weighted by molar-refractivity contribution is 0.0954. The quantitative estimate of drug-likeness (QED) is 0.692. The molecule has 7 heteroatoms. The Bertz CT molecular complexity index is 903. The summed E-state index contributed by atoms with van der Waals surface area (Å²) in [5.74, 6) is 0.554. The molecule has 0 bridgehead atoms. The predicted molar refractivity (Wildman–Crippen MR) is 113 cm³/mol. The highest BCUT2D eigenvalue weighted by molar-refractivity contribution is 7.89. The lowest BCUT2D eigenvalue weighted by Gasteiger charge is -2.22. The fourth-order valence-electron chi connectivity index (χ4n) is 3.51. The molecule has 1 saturated carbocycles. The summed E-state index contributed by atoms with van der Waals surface area (Å²) in [4.78, 5) is 12.5. The average molecular weight is 417 g/mol. The summed E-state index contributed by atoms with van der Waals surface area (Å²) in [5.41, 5.74) is 1.54. The third kappa shape index (κ3) is 6.05. The first-order valence-corrected chi connectivity index (χ1v) is 11.5. The van der Waals surface area contributed by atoms with Crippen LogP contribution in [0.5, 0.6) is 5.75 Å². The van der Waals surface area contributed by atoms with Crippen LogP contribution in [0.1, 0.15) is 48.0 Å². The fraction of sp³-hybridized carbons (Fsp3) is 0.409. The van der Waals surface area contributed by atoms with E-state index in [4.69, 9.17) is 4.74 Å². The molecule has 0 aromatic heterocycles. The van der Waals surface area contributed by atoms with E-state index >= 15 is 0 Å². The van der Waals surface area contributed by atoms with Gasteiger partial charge in [0.15, 0.2) is 0 Å². The number of benzene rings is 2. The largest absolute Gasteiger partial charge is 0.497 e. The molecule has 1 fully saturated rings. The van der Waals surface area contributed by atoms with Crippen molar-refractivity contribution in [1.29, 1.82) is 0 Å². The Morgan fingerprint density at radius 3 is 2.28 bits per heavy atom. The zero-order valence-corrected chi connectivity index (χ0v) is 17.5. The van der Waals surface area contributed by atoms with Gasteiger partial charge in [-0.05, 0) is 61.2 Å². The number of ether oxygens (including phenoxy) is 1. The molecule has 0 radical (unpaired) electrons. The van der Waals surface area contributed by atoms with Crippen LogP contribution < -0.4 is 14.8 Å². The van der Waals surface area contributed by atoms with Crippen LogP contribution in [0.15, 0.2) is 53.4 Å². The minimum Gasteiger partial charge on any atom is -0.497 e. The monoisotopic (exact) mass is 416 g/mol. The van der Waals surface area contributed by atoms with E-state index < -0.39 is 10.0 Å². The van der Waals surface area contributed by atoms with Crippen molar-refractivity contribution in [3.8, 4) is 5.75 Å². The molecule has 1 aliphatic carbocycles. The van der Waals surface area contributed by atoms with Crippen molar-refractivity contribution >= 4 is 15.9 Å². The Kier molecular flexibility index (Phi) is 7.28. The van der Waals surface area contributed by atoms with Crippen molar-refractivity contribution in [2.24, 2.45) is 0 Å². The van der Waals surface area contributed by atoms with E-state index in [1.165, 1.54) is 6.42 Å². The van der Waals surface area contributed by atoms with Crippen LogP contribution in [0.4, 0.5) is 0 Å². The van der Waals surface area contributed by atoms with E-state index in [0.717, 1.165) is 31.2 Å². The molecule has 0 heterocycles. The summed E-state index contributed by atoms with van der Waals surface area (Å²) < 4.78 is 33.0. The number of carbonyl (C=O) groups is 1. The van der Waals surface area contributed by atoms with Crippen LogP contribution in [-0.2, 0) is 16.4 Å². The molecule has 0 atom stereocenters. The number of sulfonamides is 1. The summed E-state index contributed by atoms with van der Waals surface area (Å²) in [5, 5.41) is 2.87. The zero-order valence-electron chi connectivity index (χ0n) is 16.7. The number of hydrogen-bond acceptors (Lipinski definition) is 4. The van der Waals surface area contributed by atoms with Crippen molar-refractivity contribution in [2.75, 3.05) is 13.7 Å². The van der Waals surface area contributed by atoms with Gasteiger partial charge in [0.25, 0.3) is 5.91 Å². The van der Waals surface area contributed by atoms with Gasteiger partial charge in [-0.1, -0.05) is 31.4 Å². The second-order valence-electron chi connectivity index (χ2n) is 7.33. The van der Waals surface area contributed by atoms with E-state index in [1.807, 2.05) is 0 Å². The van der Waals surface area contributed by atoms with Crippen molar-refractivity contribution in [1.82, 2.24) is 10.0 Å². The van der Waals surface area contributed by atoms with E-state index in [0.29, 0.717) is 24.3 Å². The first-order chi connectivity index (χ1) is 14.0. The molecule has 2 aromatic rings. The topological polar surface area (TPSA) is 84.5 Å². The number of carbonyl (C=O) groups excluding carboxylic acids is 1. The fourth-order valence-corrected chi connectivity index (χ4v) is 4.81. The highest BCUT2D eigenvalue weighted by atomic mass is 32.2. The summed E-state index contributed by atoms with van der Waals surface area (Å²) in [7, 11) is -1.90. The molecule has 29 heavy (non-hydrogen) atoms. The standard InChI is InChI=1S/C22H28N2O4S/c1-28-20-11-9-18(10-12-20)22(25)23-16-15-17-7-13-21(14-8-17)29(26,27)24-19-5-3-2-4-6-19/h7-14,19,24H,2-6,15-16H2,1H3,(H,23,25). The van der Waals surface area contributed by atoms with E-state index in [1.54, 1.807) is 55.6 Å². The molecular formula is C22H28N2O4S. The van der Waals surface area contributed by atoms with Gasteiger partial charge in [0, 0.05) is 18.2 Å². The highest BCUT2D eigenvalue weighted by Gasteiger charge is 2.21. The van der Waals surface area contributed by atoms with Gasteiger partial charge in [0.05, 0.1) is 12.0 Å². The van der Waals surface area contributed by atoms with Gasteiger partial charge in [0.1, 0.15) is 5.75 Å². The summed E-state index contributed by atoms with van der Waals surface area (Å²) in [6.07, 6.45) is 5.78. The maximum atomic E-state index is 12.5. The average Bonchev–Trinajstić information content (AvgIpc) is 2.74. The number of methoxy groups -OCH3 is 1. The lowest BCUT2D eigenvalue weighted by Crippen LogP contribution is -2.36. The van der Waals surface area contributed by atoms with Gasteiger partial charge >= 0.3 is 0 Å². The molecule has 2 N–H and O–H groups in total. The Hall–Kier alpha value is -2.38. The number of nitrogens with one attached hydrogen (secondary N) is 2. The minimum absolute atomic E-state index is 0.0431. The minimum atomic E-state index is -3.48. The second-order valence-corrected chi connectivity index (χ2v) is 9.05. The van der Waals surface area contributed by atoms with Gasteiger partial charge < -0.3 is 10.1 Å². The number of amides is 1. The Labute approximate surface area is 172 Å². The third-order valence-electron chi connectivity index (χ3n) is 5.21. The third-order valence-corrected chi connectivity index (χ3v) is 6.75. The van der Waals surface area contributed by atoms with Crippen LogP contribution in [0.2, 0.25) is 0 Å². The molecule has 2 aromatic carbocycles. The molecule has 1 aliphatic rings. The molecule has 0 spiro atoms. The molecular weight excluding hydrogens is 388 g/mol. The number of rotatable bonds is 8. The summed E-state index contributed by atoms with van der Waals surface area (Å²) in [6.45, 7) is 0.470. The number of hydrogen-bond donors (Lipinski definition) is 2. The van der Waals surface area contributed by atoms with Crippen molar-refractivity contribution in [2.45, 2.75) is 49.5 Å². The zero-order chi connectivity index (χ0) is 20.7. The van der Waals surface area contributed by atoms with Crippen LogP contribution in [0.25, 0.3) is 0 Å². The molecule has 6 nitrogen and oxygen atoms in total. The van der Waals surface area contributed by atoms with E-state index in [9.17, 15) is 13.2 Å². The summed E-state index contributed by atoms with van der Waals surface area (Å²) >= 11 is 0. The normalized spacial score (nSPS) is 15.1. The molecule has 0 unspecified atom stereocenters. The molecule has 0 saturated heterocycles. The van der Waals surface area contributed by atoms with Crippen LogP contribution in [-0.4, -0.2) is 34.0 Å². The highest BCUT2D eigenvalue weighted by Crippen LogP contribution is 2.20. The SMILES string of the molecule is COc1ccc(C(=O)NCCc2ccc(S(=O)(=O)NC3CCCCC3)cc2)cc1.